The molecule has 0 bridgehead atoms. The molecule has 0 spiro atoms. The number of halogens is 1. The Morgan fingerprint density at radius 2 is 2.00 bits per heavy atom. The van der Waals surface area contributed by atoms with Gasteiger partial charge in [-0.2, -0.15) is 0 Å². The Balaban J connectivity index is 1.50. The van der Waals surface area contributed by atoms with E-state index in [0.717, 1.165) is 37.9 Å². The number of benzene rings is 1. The van der Waals surface area contributed by atoms with E-state index in [0.29, 0.717) is 17.5 Å². The van der Waals surface area contributed by atoms with E-state index in [-0.39, 0.29) is 29.1 Å². The minimum Gasteiger partial charge on any atom is -0.446 e. The van der Waals surface area contributed by atoms with Crippen molar-refractivity contribution in [1.82, 2.24) is 15.2 Å². The van der Waals surface area contributed by atoms with Crippen LogP contribution in [0.15, 0.2) is 29.1 Å². The van der Waals surface area contributed by atoms with Crippen molar-refractivity contribution in [3.8, 4) is 0 Å². The molecule has 0 unspecified atom stereocenters. The van der Waals surface area contributed by atoms with Crippen molar-refractivity contribution in [2.75, 3.05) is 19.6 Å². The second-order valence-corrected chi connectivity index (χ2v) is 8.43. The van der Waals surface area contributed by atoms with Gasteiger partial charge in [0.1, 0.15) is 11.9 Å². The van der Waals surface area contributed by atoms with Crippen LogP contribution in [0.1, 0.15) is 39.2 Å². The maximum atomic E-state index is 13.3. The van der Waals surface area contributed by atoms with Crippen LogP contribution in [0.4, 0.5) is 9.18 Å². The summed E-state index contributed by atoms with van der Waals surface area (Å²) in [6.07, 6.45) is 1.75. The van der Waals surface area contributed by atoms with Crippen molar-refractivity contribution in [1.29, 1.82) is 0 Å². The summed E-state index contributed by atoms with van der Waals surface area (Å²) in [5.41, 5.74) is 0.730. The topological polar surface area (TPSA) is 74.4 Å². The van der Waals surface area contributed by atoms with E-state index < -0.39 is 0 Å². The molecule has 2 aromatic rings. The Bertz CT molecular complexity index is 896. The number of carbonyl (C=O) groups excluding carboxylic acids is 1. The summed E-state index contributed by atoms with van der Waals surface area (Å²) in [6.45, 7) is 8.16. The summed E-state index contributed by atoms with van der Waals surface area (Å²) in [5, 5.41) is 3.64. The summed E-state index contributed by atoms with van der Waals surface area (Å²) in [5.74, 6) is -0.364. The third-order valence-corrected chi connectivity index (χ3v) is 4.87. The molecule has 0 aliphatic carbocycles. The molecule has 1 aliphatic heterocycles. The molecule has 2 heterocycles. The minimum absolute atomic E-state index is 0.0717. The predicted molar refractivity (Wildman–Crippen MR) is 107 cm³/mol. The van der Waals surface area contributed by atoms with Crippen LogP contribution in [-0.4, -0.2) is 47.3 Å². The molecule has 3 rings (SSSR count). The number of rotatable bonds is 4. The zero-order valence-electron chi connectivity index (χ0n) is 16.7. The van der Waals surface area contributed by atoms with Crippen LogP contribution in [0.2, 0.25) is 0 Å². The van der Waals surface area contributed by atoms with Crippen LogP contribution < -0.4 is 10.9 Å². The van der Waals surface area contributed by atoms with Gasteiger partial charge in [-0.25, -0.2) is 9.18 Å². The molecule has 1 aromatic carbocycles. The fourth-order valence-corrected chi connectivity index (χ4v) is 3.42. The first-order chi connectivity index (χ1) is 13.2. The zero-order valence-corrected chi connectivity index (χ0v) is 16.7. The lowest BCUT2D eigenvalue weighted by molar-refractivity contribution is 0.0475. The number of aromatic amines is 1. The molecular formula is C21H28FN3O3. The van der Waals surface area contributed by atoms with Crippen LogP contribution in [0.5, 0.6) is 0 Å². The predicted octanol–water partition coefficient (Wildman–Crippen LogP) is 3.20. The molecule has 1 amide bonds. The number of likely N-dealkylation sites (tertiary alicyclic amines) is 1. The third-order valence-electron chi connectivity index (χ3n) is 4.87. The Morgan fingerprint density at radius 1 is 1.29 bits per heavy atom. The molecule has 1 aliphatic rings. The average Bonchev–Trinajstić information content (AvgIpc) is 2.59. The number of nitrogens with zero attached hydrogens (tertiary/aromatic N) is 1. The monoisotopic (exact) mass is 389 g/mol. The average molecular weight is 389 g/mol. The van der Waals surface area contributed by atoms with E-state index >= 15 is 0 Å². The van der Waals surface area contributed by atoms with Crippen LogP contribution in [0, 0.1) is 5.82 Å². The number of amides is 1. The molecule has 7 heteroatoms. The number of ether oxygens (including phenoxy) is 1. The van der Waals surface area contributed by atoms with Gasteiger partial charge in [-0.15, -0.1) is 0 Å². The molecule has 2 N–H and O–H groups in total. The number of H-pyrrole nitrogens is 1. The van der Waals surface area contributed by atoms with Crippen molar-refractivity contribution in [3.63, 3.8) is 0 Å². The normalized spacial score (nSPS) is 16.3. The SMILES string of the molecule is CC(C)(C)NC(=O)OC1CCN(CCc2cc3ccc(F)cc3[nH]c2=O)CC1. The second kappa shape index (κ2) is 8.31. The van der Waals surface area contributed by atoms with Gasteiger partial charge in [-0.05, 0) is 69.7 Å². The summed E-state index contributed by atoms with van der Waals surface area (Å²) in [7, 11) is 0. The summed E-state index contributed by atoms with van der Waals surface area (Å²) in [6, 6.07) is 6.24. The smallest absolute Gasteiger partial charge is 0.407 e. The van der Waals surface area contributed by atoms with Gasteiger partial charge in [0.2, 0.25) is 0 Å². The van der Waals surface area contributed by atoms with E-state index in [1.165, 1.54) is 12.1 Å². The molecule has 152 valence electrons. The molecule has 1 aromatic heterocycles. The standard InChI is InChI=1S/C21H28FN3O3/c1-21(2,3)24-20(27)28-17-7-10-25(11-8-17)9-6-15-12-14-4-5-16(22)13-18(14)23-19(15)26/h4-5,12-13,17H,6-11H2,1-3H3,(H,23,26)(H,24,27). The highest BCUT2D eigenvalue weighted by molar-refractivity contribution is 5.78. The van der Waals surface area contributed by atoms with Crippen LogP contribution >= 0.6 is 0 Å². The fraction of sp³-hybridized carbons (Fsp3) is 0.524. The van der Waals surface area contributed by atoms with Crippen molar-refractivity contribution in [2.24, 2.45) is 0 Å². The first-order valence-corrected chi connectivity index (χ1v) is 9.72. The lowest BCUT2D eigenvalue weighted by Crippen LogP contribution is -2.44. The fourth-order valence-electron chi connectivity index (χ4n) is 3.42. The number of fused-ring (bicyclic) bond motifs is 1. The first-order valence-electron chi connectivity index (χ1n) is 9.72. The molecule has 28 heavy (non-hydrogen) atoms. The van der Waals surface area contributed by atoms with Crippen molar-refractivity contribution in [3.05, 3.63) is 46.0 Å². The molecular weight excluding hydrogens is 361 g/mol. The number of hydrogen-bond donors (Lipinski definition) is 2. The van der Waals surface area contributed by atoms with Gasteiger partial charge in [0, 0.05) is 30.7 Å². The van der Waals surface area contributed by atoms with Crippen LogP contribution in [-0.2, 0) is 11.2 Å². The molecule has 1 saturated heterocycles. The summed E-state index contributed by atoms with van der Waals surface area (Å²) >= 11 is 0. The summed E-state index contributed by atoms with van der Waals surface area (Å²) in [4.78, 5) is 29.1. The van der Waals surface area contributed by atoms with E-state index in [9.17, 15) is 14.0 Å². The highest BCUT2D eigenvalue weighted by atomic mass is 19.1. The number of alkyl carbamates (subject to hydrolysis) is 1. The van der Waals surface area contributed by atoms with E-state index in [1.54, 1.807) is 6.07 Å². The van der Waals surface area contributed by atoms with Gasteiger partial charge < -0.3 is 19.9 Å². The highest BCUT2D eigenvalue weighted by Gasteiger charge is 2.24. The number of pyridine rings is 1. The number of piperidine rings is 1. The Morgan fingerprint density at radius 3 is 2.68 bits per heavy atom. The van der Waals surface area contributed by atoms with Gasteiger partial charge in [-0.1, -0.05) is 0 Å². The molecule has 1 fully saturated rings. The second-order valence-electron chi connectivity index (χ2n) is 8.43. The quantitative estimate of drug-likeness (QED) is 0.842. The van der Waals surface area contributed by atoms with E-state index in [1.807, 2.05) is 26.8 Å². The Labute approximate surface area is 164 Å². The lowest BCUT2D eigenvalue weighted by Gasteiger charge is -2.32. The Hall–Kier alpha value is -2.41. The lowest BCUT2D eigenvalue weighted by atomic mass is 10.1. The van der Waals surface area contributed by atoms with Crippen molar-refractivity contribution >= 4 is 17.0 Å². The van der Waals surface area contributed by atoms with Gasteiger partial charge >= 0.3 is 6.09 Å². The first kappa shape index (κ1) is 20.3. The maximum Gasteiger partial charge on any atom is 0.407 e. The number of nitrogens with one attached hydrogen (secondary N) is 2. The summed E-state index contributed by atoms with van der Waals surface area (Å²) < 4.78 is 18.8. The van der Waals surface area contributed by atoms with Gasteiger partial charge in [0.25, 0.3) is 5.56 Å². The number of carbonyl (C=O) groups is 1. The maximum absolute atomic E-state index is 13.3. The van der Waals surface area contributed by atoms with Crippen molar-refractivity contribution in [2.45, 2.75) is 51.7 Å². The molecule has 6 nitrogen and oxygen atoms in total. The highest BCUT2D eigenvalue weighted by Crippen LogP contribution is 2.16. The van der Waals surface area contributed by atoms with Gasteiger partial charge in [-0.3, -0.25) is 4.79 Å². The third kappa shape index (κ3) is 5.55. The largest absolute Gasteiger partial charge is 0.446 e. The Kier molecular flexibility index (Phi) is 6.03. The number of hydrogen-bond acceptors (Lipinski definition) is 4. The van der Waals surface area contributed by atoms with E-state index in [4.69, 9.17) is 4.74 Å². The molecule has 0 atom stereocenters. The number of aromatic nitrogens is 1. The molecule has 0 saturated carbocycles. The van der Waals surface area contributed by atoms with E-state index in [2.05, 4.69) is 15.2 Å². The minimum atomic E-state index is -0.370. The molecule has 0 radical (unpaired) electrons. The van der Waals surface area contributed by atoms with Crippen LogP contribution in [0.3, 0.4) is 0 Å². The van der Waals surface area contributed by atoms with Crippen LogP contribution in [0.25, 0.3) is 10.9 Å². The zero-order chi connectivity index (χ0) is 20.3. The van der Waals surface area contributed by atoms with Gasteiger partial charge in [0.05, 0.1) is 5.52 Å². The van der Waals surface area contributed by atoms with Crippen molar-refractivity contribution < 1.29 is 13.9 Å². The van der Waals surface area contributed by atoms with Gasteiger partial charge in [0.15, 0.2) is 0 Å².